The third kappa shape index (κ3) is 8.04. The molecular weight excluding hydrogens is 433 g/mol. The van der Waals surface area contributed by atoms with Crippen LogP contribution in [0.4, 0.5) is 18.0 Å². The Morgan fingerprint density at radius 1 is 1.32 bits per heavy atom. The smallest absolute Gasteiger partial charge is 0.323 e. The number of nitrogens with zero attached hydrogens (tertiary/aromatic N) is 3. The van der Waals surface area contributed by atoms with Gasteiger partial charge in [0, 0.05) is 17.7 Å². The average Bonchev–Trinajstić information content (AvgIpc) is 3.22. The Morgan fingerprint density at radius 3 is 2.52 bits per heavy atom. The van der Waals surface area contributed by atoms with Crippen LogP contribution in [0.25, 0.3) is 11.5 Å². The Hall–Kier alpha value is -2.89. The Labute approximate surface area is 182 Å². The predicted molar refractivity (Wildman–Crippen MR) is 114 cm³/mol. The standard InChI is InChI=1S/C16H17F3N6O2S.C3H8/c1-2-5-22-16(26)25(15(21)28-8-20)7-10-4-3-9(6-11(10)17)13-23-24-14(27-13)12(18)19;1-3-2/h3-4,6,8,12,20-21H,2,5,7H2,1H3,(H,22,26);3H2,1-2H3. The SMILES string of the molecule is CCC.CCCNC(=O)N(Cc1ccc(-c2nnc(C(F)F)o2)cc1F)C(=N)SC=N. The van der Waals surface area contributed by atoms with Crippen LogP contribution in [-0.4, -0.2) is 38.4 Å². The Morgan fingerprint density at radius 2 is 2.00 bits per heavy atom. The Bertz CT molecular complexity index is 878. The van der Waals surface area contributed by atoms with E-state index in [0.29, 0.717) is 24.7 Å². The lowest BCUT2D eigenvalue weighted by Gasteiger charge is -2.22. The number of halogens is 3. The second-order valence-corrected chi connectivity index (χ2v) is 6.98. The van der Waals surface area contributed by atoms with Crippen LogP contribution in [0.1, 0.15) is 51.5 Å². The number of alkyl halides is 2. The van der Waals surface area contributed by atoms with Gasteiger partial charge in [-0.2, -0.15) is 8.78 Å². The molecule has 8 nitrogen and oxygen atoms in total. The van der Waals surface area contributed by atoms with E-state index in [1.807, 2.05) is 6.92 Å². The van der Waals surface area contributed by atoms with Crippen molar-refractivity contribution in [2.24, 2.45) is 0 Å². The molecule has 0 aliphatic carbocycles. The maximum atomic E-state index is 14.5. The highest BCUT2D eigenvalue weighted by molar-refractivity contribution is 8.24. The first-order valence-corrected chi connectivity index (χ1v) is 10.4. The molecule has 0 bridgehead atoms. The van der Waals surface area contributed by atoms with E-state index < -0.39 is 24.2 Å². The fourth-order valence-electron chi connectivity index (χ4n) is 2.10. The number of amidine groups is 1. The van der Waals surface area contributed by atoms with Crippen LogP contribution in [0.15, 0.2) is 22.6 Å². The number of urea groups is 1. The molecule has 31 heavy (non-hydrogen) atoms. The summed E-state index contributed by atoms with van der Waals surface area (Å²) in [7, 11) is 0. The number of benzene rings is 1. The number of rotatable bonds is 7. The van der Waals surface area contributed by atoms with Crippen molar-refractivity contribution in [3.8, 4) is 11.5 Å². The first-order valence-electron chi connectivity index (χ1n) is 9.48. The van der Waals surface area contributed by atoms with E-state index in [2.05, 4.69) is 29.4 Å². The van der Waals surface area contributed by atoms with Gasteiger partial charge in [0.2, 0.25) is 5.89 Å². The number of carbonyl (C=O) groups is 1. The van der Waals surface area contributed by atoms with E-state index in [1.165, 1.54) is 18.6 Å². The van der Waals surface area contributed by atoms with E-state index in [-0.39, 0.29) is 28.7 Å². The molecule has 1 heterocycles. The van der Waals surface area contributed by atoms with Gasteiger partial charge in [0.05, 0.1) is 12.1 Å². The number of hydrogen-bond acceptors (Lipinski definition) is 7. The van der Waals surface area contributed by atoms with Crippen molar-refractivity contribution in [3.63, 3.8) is 0 Å². The van der Waals surface area contributed by atoms with Gasteiger partial charge in [0.1, 0.15) is 5.82 Å². The summed E-state index contributed by atoms with van der Waals surface area (Å²) in [4.78, 5) is 13.2. The highest BCUT2D eigenvalue weighted by Crippen LogP contribution is 2.25. The fourth-order valence-corrected chi connectivity index (χ4v) is 2.49. The van der Waals surface area contributed by atoms with E-state index in [9.17, 15) is 18.0 Å². The molecule has 0 fully saturated rings. The highest BCUT2D eigenvalue weighted by atomic mass is 32.2. The lowest BCUT2D eigenvalue weighted by molar-refractivity contribution is 0.116. The molecule has 2 amide bonds. The Kier molecular flexibility index (Phi) is 11.3. The van der Waals surface area contributed by atoms with Crippen LogP contribution in [0.2, 0.25) is 0 Å². The van der Waals surface area contributed by atoms with E-state index in [0.717, 1.165) is 16.5 Å². The molecule has 0 saturated heterocycles. The molecule has 2 rings (SSSR count). The molecule has 1 aromatic carbocycles. The third-order valence-electron chi connectivity index (χ3n) is 3.44. The molecule has 0 aliphatic heterocycles. The molecule has 0 aliphatic rings. The summed E-state index contributed by atoms with van der Waals surface area (Å²) in [5.74, 6) is -1.86. The van der Waals surface area contributed by atoms with E-state index in [1.54, 1.807) is 0 Å². The van der Waals surface area contributed by atoms with Crippen LogP contribution < -0.4 is 5.32 Å². The predicted octanol–water partition coefficient (Wildman–Crippen LogP) is 5.43. The molecular formula is C19H25F3N6O2S. The summed E-state index contributed by atoms with van der Waals surface area (Å²) in [5.41, 5.74) is 1.07. The van der Waals surface area contributed by atoms with Gasteiger partial charge in [0.25, 0.3) is 5.89 Å². The second-order valence-electron chi connectivity index (χ2n) is 6.12. The molecule has 0 radical (unpaired) electrons. The van der Waals surface area contributed by atoms with Crippen LogP contribution >= 0.6 is 11.8 Å². The van der Waals surface area contributed by atoms with Crippen LogP contribution in [0, 0.1) is 16.6 Å². The molecule has 170 valence electrons. The lowest BCUT2D eigenvalue weighted by atomic mass is 10.1. The van der Waals surface area contributed by atoms with Gasteiger partial charge < -0.3 is 15.1 Å². The molecule has 2 aromatic rings. The first-order chi connectivity index (χ1) is 14.8. The number of carbonyl (C=O) groups excluding carboxylic acids is 1. The first kappa shape index (κ1) is 26.1. The second kappa shape index (κ2) is 13.4. The molecule has 0 unspecified atom stereocenters. The van der Waals surface area contributed by atoms with Crippen molar-refractivity contribution in [3.05, 3.63) is 35.5 Å². The van der Waals surface area contributed by atoms with E-state index >= 15 is 0 Å². The van der Waals surface area contributed by atoms with Crippen molar-refractivity contribution >= 4 is 28.5 Å². The minimum atomic E-state index is -2.93. The summed E-state index contributed by atoms with van der Waals surface area (Å²) in [6.07, 6.45) is -1.00. The minimum Gasteiger partial charge on any atom is -0.415 e. The molecule has 1 aromatic heterocycles. The maximum absolute atomic E-state index is 14.5. The highest BCUT2D eigenvalue weighted by Gasteiger charge is 2.22. The largest absolute Gasteiger partial charge is 0.415 e. The Balaban J connectivity index is 0.00000151. The van der Waals surface area contributed by atoms with Gasteiger partial charge in [-0.1, -0.05) is 33.3 Å². The van der Waals surface area contributed by atoms with Crippen LogP contribution in [0.5, 0.6) is 0 Å². The van der Waals surface area contributed by atoms with Gasteiger partial charge in [0.15, 0.2) is 5.17 Å². The lowest BCUT2D eigenvalue weighted by Crippen LogP contribution is -2.42. The third-order valence-corrected chi connectivity index (χ3v) is 4.00. The molecule has 3 N–H and O–H groups in total. The summed E-state index contributed by atoms with van der Waals surface area (Å²) < 4.78 is 44.4. The molecule has 0 saturated carbocycles. The zero-order valence-corrected chi connectivity index (χ0v) is 18.2. The van der Waals surface area contributed by atoms with Crippen molar-refractivity contribution in [2.75, 3.05) is 6.54 Å². The summed E-state index contributed by atoms with van der Waals surface area (Å²) in [6, 6.07) is 3.15. The monoisotopic (exact) mass is 458 g/mol. The molecule has 12 heteroatoms. The van der Waals surface area contributed by atoms with Gasteiger partial charge in [-0.3, -0.25) is 10.3 Å². The minimum absolute atomic E-state index is 0.0827. The number of thioether (sulfide) groups is 1. The fraction of sp³-hybridized carbons (Fsp3) is 0.421. The number of amides is 2. The normalized spacial score (nSPS) is 10.3. The molecule has 0 spiro atoms. The summed E-state index contributed by atoms with van der Waals surface area (Å²) in [6.45, 7) is 6.23. The summed E-state index contributed by atoms with van der Waals surface area (Å²) >= 11 is 0.695. The molecule has 0 atom stereocenters. The average molecular weight is 459 g/mol. The van der Waals surface area contributed by atoms with Crippen LogP contribution in [-0.2, 0) is 6.54 Å². The van der Waals surface area contributed by atoms with Crippen molar-refractivity contribution in [2.45, 2.75) is 46.6 Å². The van der Waals surface area contributed by atoms with Gasteiger partial charge in [-0.25, -0.2) is 9.18 Å². The quantitative estimate of drug-likeness (QED) is 0.378. The van der Waals surface area contributed by atoms with Crippen molar-refractivity contribution in [1.82, 2.24) is 20.4 Å². The zero-order valence-electron chi connectivity index (χ0n) is 17.4. The van der Waals surface area contributed by atoms with Gasteiger partial charge >= 0.3 is 12.5 Å². The van der Waals surface area contributed by atoms with Gasteiger partial charge in [-0.05, 0) is 30.3 Å². The maximum Gasteiger partial charge on any atom is 0.323 e. The van der Waals surface area contributed by atoms with Crippen LogP contribution in [0.3, 0.4) is 0 Å². The zero-order chi connectivity index (χ0) is 23.4. The summed E-state index contributed by atoms with van der Waals surface area (Å²) in [5, 5.41) is 24.0. The number of hydrogen-bond donors (Lipinski definition) is 3. The number of nitrogens with one attached hydrogen (secondary N) is 3. The van der Waals surface area contributed by atoms with Gasteiger partial charge in [-0.15, -0.1) is 10.2 Å². The number of aromatic nitrogens is 2. The van der Waals surface area contributed by atoms with Crippen molar-refractivity contribution in [1.29, 1.82) is 10.8 Å². The van der Waals surface area contributed by atoms with E-state index in [4.69, 9.17) is 15.2 Å². The topological polar surface area (TPSA) is 119 Å². The van der Waals surface area contributed by atoms with Crippen molar-refractivity contribution < 1.29 is 22.4 Å².